The van der Waals surface area contributed by atoms with Crippen LogP contribution in [0.1, 0.15) is 18.4 Å². The minimum absolute atomic E-state index is 0.130. The van der Waals surface area contributed by atoms with Crippen LogP contribution in [-0.4, -0.2) is 23.8 Å². The van der Waals surface area contributed by atoms with Crippen LogP contribution >= 0.6 is 15.9 Å². The Hall–Kier alpha value is -2.74. The van der Waals surface area contributed by atoms with Crippen molar-refractivity contribution in [2.24, 2.45) is 0 Å². The van der Waals surface area contributed by atoms with E-state index in [-0.39, 0.29) is 19.0 Å². The number of halogens is 1. The van der Waals surface area contributed by atoms with E-state index < -0.39 is 5.76 Å². The molecule has 4 rings (SSSR count). The highest BCUT2D eigenvalue weighted by molar-refractivity contribution is 9.10. The summed E-state index contributed by atoms with van der Waals surface area (Å²) < 4.78 is 23.9. The number of nitrogens with zero attached hydrogens (tertiary/aromatic N) is 1. The number of ether oxygens (including phenoxy) is 3. The summed E-state index contributed by atoms with van der Waals surface area (Å²) in [6.45, 7) is 1.53. The Morgan fingerprint density at radius 1 is 1.14 bits per heavy atom. The lowest BCUT2D eigenvalue weighted by Crippen LogP contribution is -2.16. The molecule has 1 aliphatic heterocycles. The number of hydrogen-bond acceptors (Lipinski definition) is 6. The van der Waals surface area contributed by atoms with E-state index in [1.807, 2.05) is 30.3 Å². The Morgan fingerprint density at radius 2 is 1.89 bits per heavy atom. The van der Waals surface area contributed by atoms with Crippen molar-refractivity contribution in [1.29, 1.82) is 0 Å². The van der Waals surface area contributed by atoms with E-state index in [0.29, 0.717) is 43.3 Å². The first-order chi connectivity index (χ1) is 13.6. The Balaban J connectivity index is 1.32. The maximum Gasteiger partial charge on any atom is 0.419 e. The number of hydrogen-bond donors (Lipinski definition) is 0. The molecule has 0 fully saturated rings. The molecule has 7 nitrogen and oxygen atoms in total. The summed E-state index contributed by atoms with van der Waals surface area (Å²) in [4.78, 5) is 24.0. The lowest BCUT2D eigenvalue weighted by Gasteiger charge is -2.19. The minimum atomic E-state index is -0.422. The SMILES string of the molecule is O=C(CCCn1c(=O)oc2ccccc21)OCc1cc2c(cc1Br)OCCO2. The molecule has 3 aromatic rings. The summed E-state index contributed by atoms with van der Waals surface area (Å²) in [7, 11) is 0. The molecule has 1 aliphatic rings. The van der Waals surface area contributed by atoms with E-state index in [1.54, 1.807) is 6.07 Å². The van der Waals surface area contributed by atoms with Crippen LogP contribution in [0.3, 0.4) is 0 Å². The van der Waals surface area contributed by atoms with Crippen LogP contribution in [0.25, 0.3) is 11.1 Å². The second-order valence-electron chi connectivity index (χ2n) is 6.34. The van der Waals surface area contributed by atoms with Gasteiger partial charge in [0.25, 0.3) is 0 Å². The average molecular weight is 448 g/mol. The van der Waals surface area contributed by atoms with Crippen molar-refractivity contribution in [3.63, 3.8) is 0 Å². The van der Waals surface area contributed by atoms with Gasteiger partial charge in [0.15, 0.2) is 17.1 Å². The smallest absolute Gasteiger partial charge is 0.419 e. The number of fused-ring (bicyclic) bond motifs is 2. The lowest BCUT2D eigenvalue weighted by molar-refractivity contribution is -0.145. The molecule has 0 amide bonds. The van der Waals surface area contributed by atoms with Gasteiger partial charge in [0.2, 0.25) is 0 Å². The molecule has 0 N–H and O–H groups in total. The van der Waals surface area contributed by atoms with Crippen molar-refractivity contribution >= 4 is 33.0 Å². The second kappa shape index (κ2) is 8.10. The van der Waals surface area contributed by atoms with Crippen molar-refractivity contribution in [3.05, 3.63) is 57.0 Å². The highest BCUT2D eigenvalue weighted by atomic mass is 79.9. The van der Waals surface area contributed by atoms with E-state index in [2.05, 4.69) is 15.9 Å². The van der Waals surface area contributed by atoms with Gasteiger partial charge in [0, 0.05) is 23.0 Å². The molecule has 0 unspecified atom stereocenters. The van der Waals surface area contributed by atoms with Crippen LogP contribution in [0.15, 0.2) is 50.1 Å². The number of carbonyl (C=O) groups excluding carboxylic acids is 1. The normalized spacial score (nSPS) is 12.9. The van der Waals surface area contributed by atoms with Gasteiger partial charge in [-0.15, -0.1) is 0 Å². The van der Waals surface area contributed by atoms with Crippen LogP contribution < -0.4 is 15.2 Å². The topological polar surface area (TPSA) is 79.9 Å². The molecule has 0 spiro atoms. The van der Waals surface area contributed by atoms with Gasteiger partial charge < -0.3 is 18.6 Å². The Labute approximate surface area is 168 Å². The van der Waals surface area contributed by atoms with Crippen molar-refractivity contribution in [1.82, 2.24) is 4.57 Å². The molecule has 0 aliphatic carbocycles. The van der Waals surface area contributed by atoms with Crippen LogP contribution in [0.4, 0.5) is 0 Å². The summed E-state index contributed by atoms with van der Waals surface area (Å²) in [6.07, 6.45) is 0.679. The first-order valence-corrected chi connectivity index (χ1v) is 9.73. The standard InChI is InChI=1S/C20H18BrNO6/c21-14-11-18-17(25-8-9-26-18)10-13(14)12-27-19(23)6-3-7-22-15-4-1-2-5-16(15)28-20(22)24/h1-2,4-5,10-11H,3,6-9,12H2. The fourth-order valence-electron chi connectivity index (χ4n) is 3.05. The predicted octanol–water partition coefficient (Wildman–Crippen LogP) is 3.65. The zero-order valence-corrected chi connectivity index (χ0v) is 16.6. The first-order valence-electron chi connectivity index (χ1n) is 8.94. The number of aromatic nitrogens is 1. The van der Waals surface area contributed by atoms with E-state index >= 15 is 0 Å². The van der Waals surface area contributed by atoms with Crippen LogP contribution in [0.5, 0.6) is 11.5 Å². The maximum absolute atomic E-state index is 12.1. The third-order valence-corrected chi connectivity index (χ3v) is 5.17. The monoisotopic (exact) mass is 447 g/mol. The molecular weight excluding hydrogens is 430 g/mol. The highest BCUT2D eigenvalue weighted by Crippen LogP contribution is 2.35. The van der Waals surface area contributed by atoms with Crippen molar-refractivity contribution in [2.45, 2.75) is 26.0 Å². The van der Waals surface area contributed by atoms with Gasteiger partial charge in [-0.2, -0.15) is 0 Å². The van der Waals surface area contributed by atoms with Gasteiger partial charge in [-0.3, -0.25) is 9.36 Å². The molecule has 0 saturated heterocycles. The zero-order chi connectivity index (χ0) is 19.5. The molecule has 28 heavy (non-hydrogen) atoms. The van der Waals surface area contributed by atoms with Crippen LogP contribution in [0.2, 0.25) is 0 Å². The number of oxazole rings is 1. The van der Waals surface area contributed by atoms with Crippen LogP contribution in [-0.2, 0) is 22.7 Å². The summed E-state index contributed by atoms with van der Waals surface area (Å²) in [5, 5.41) is 0. The van der Waals surface area contributed by atoms with Gasteiger partial charge in [-0.05, 0) is 30.7 Å². The molecule has 1 aromatic heterocycles. The van der Waals surface area contributed by atoms with Gasteiger partial charge in [-0.25, -0.2) is 4.79 Å². The fraction of sp³-hybridized carbons (Fsp3) is 0.300. The Morgan fingerprint density at radius 3 is 2.71 bits per heavy atom. The molecule has 0 bridgehead atoms. The van der Waals surface area contributed by atoms with E-state index in [9.17, 15) is 9.59 Å². The van der Waals surface area contributed by atoms with E-state index in [1.165, 1.54) is 4.57 Å². The second-order valence-corrected chi connectivity index (χ2v) is 7.19. The summed E-state index contributed by atoms with van der Waals surface area (Å²) in [6, 6.07) is 10.8. The number of para-hydroxylation sites is 2. The zero-order valence-electron chi connectivity index (χ0n) is 15.0. The Bertz CT molecular complexity index is 1070. The predicted molar refractivity (Wildman–Crippen MR) is 105 cm³/mol. The van der Waals surface area contributed by atoms with Crippen molar-refractivity contribution in [3.8, 4) is 11.5 Å². The summed E-state index contributed by atoms with van der Waals surface area (Å²) >= 11 is 3.46. The number of carbonyl (C=O) groups is 1. The first kappa shape index (κ1) is 18.6. The number of aryl methyl sites for hydroxylation is 1. The van der Waals surface area contributed by atoms with Gasteiger partial charge >= 0.3 is 11.7 Å². The third-order valence-electron chi connectivity index (χ3n) is 4.44. The van der Waals surface area contributed by atoms with Gasteiger partial charge in [-0.1, -0.05) is 28.1 Å². The molecule has 146 valence electrons. The maximum atomic E-state index is 12.1. The Kier molecular flexibility index (Phi) is 5.38. The number of rotatable bonds is 6. The highest BCUT2D eigenvalue weighted by Gasteiger charge is 2.16. The quantitative estimate of drug-likeness (QED) is 0.536. The van der Waals surface area contributed by atoms with Crippen molar-refractivity contribution in [2.75, 3.05) is 13.2 Å². The molecule has 2 heterocycles. The third kappa shape index (κ3) is 3.91. The largest absolute Gasteiger partial charge is 0.486 e. The van der Waals surface area contributed by atoms with Crippen molar-refractivity contribution < 1.29 is 23.4 Å². The number of benzene rings is 2. The van der Waals surface area contributed by atoms with Gasteiger partial charge in [0.05, 0.1) is 5.52 Å². The average Bonchev–Trinajstić information content (AvgIpc) is 3.01. The number of esters is 1. The van der Waals surface area contributed by atoms with E-state index in [4.69, 9.17) is 18.6 Å². The molecule has 2 aromatic carbocycles. The lowest BCUT2D eigenvalue weighted by atomic mass is 10.2. The summed E-state index contributed by atoms with van der Waals surface area (Å²) in [5.41, 5.74) is 2.06. The van der Waals surface area contributed by atoms with Crippen LogP contribution in [0, 0.1) is 0 Å². The molecular formula is C20H18BrNO6. The molecule has 0 saturated carbocycles. The molecule has 0 radical (unpaired) electrons. The molecule has 8 heteroatoms. The van der Waals surface area contributed by atoms with E-state index in [0.717, 1.165) is 15.6 Å². The minimum Gasteiger partial charge on any atom is -0.486 e. The summed E-state index contributed by atoms with van der Waals surface area (Å²) in [5.74, 6) is 0.565. The van der Waals surface area contributed by atoms with Gasteiger partial charge in [0.1, 0.15) is 19.8 Å². The fourth-order valence-corrected chi connectivity index (χ4v) is 3.49. The molecule has 0 atom stereocenters.